The molecule has 2 aromatic rings. The molecule has 0 atom stereocenters. The highest BCUT2D eigenvalue weighted by Gasteiger charge is 2.06. The highest BCUT2D eigenvalue weighted by Crippen LogP contribution is 2.19. The van der Waals surface area contributed by atoms with Gasteiger partial charge in [0.25, 0.3) is 0 Å². The van der Waals surface area contributed by atoms with Gasteiger partial charge in [-0.05, 0) is 31.0 Å². The van der Waals surface area contributed by atoms with E-state index in [9.17, 15) is 5.11 Å². The Bertz CT molecular complexity index is 466. The maximum absolute atomic E-state index is 9.76. The maximum atomic E-state index is 9.76. The van der Waals surface area contributed by atoms with Crippen LogP contribution in [0.25, 0.3) is 5.82 Å². The minimum absolute atomic E-state index is 0.160. The summed E-state index contributed by atoms with van der Waals surface area (Å²) in [5.41, 5.74) is 1.00. The Balaban J connectivity index is 2.18. The average molecular weight is 231 g/mol. The van der Waals surface area contributed by atoms with E-state index in [4.69, 9.17) is 0 Å². The zero-order valence-corrected chi connectivity index (χ0v) is 10.0. The summed E-state index contributed by atoms with van der Waals surface area (Å²) in [5, 5.41) is 13.8. The summed E-state index contributed by atoms with van der Waals surface area (Å²) in [6.07, 6.45) is 7.93. The molecule has 2 aromatic heterocycles. The van der Waals surface area contributed by atoms with Crippen LogP contribution in [-0.2, 0) is 6.42 Å². The van der Waals surface area contributed by atoms with Crippen molar-refractivity contribution in [2.75, 3.05) is 0 Å². The summed E-state index contributed by atoms with van der Waals surface area (Å²) < 4.78 is 1.58. The lowest BCUT2D eigenvalue weighted by Crippen LogP contribution is -2.01. The zero-order valence-electron chi connectivity index (χ0n) is 10.0. The Morgan fingerprint density at radius 1 is 1.29 bits per heavy atom. The molecule has 0 bridgehead atoms. The first-order chi connectivity index (χ1) is 8.31. The van der Waals surface area contributed by atoms with Crippen molar-refractivity contribution in [2.45, 2.75) is 32.6 Å². The molecule has 0 aromatic carbocycles. The number of nitrogens with zero attached hydrogens (tertiary/aromatic N) is 3. The second-order valence-electron chi connectivity index (χ2n) is 4.05. The van der Waals surface area contributed by atoms with Crippen molar-refractivity contribution in [1.29, 1.82) is 0 Å². The average Bonchev–Trinajstić information content (AvgIpc) is 2.85. The largest absolute Gasteiger partial charge is 0.504 e. The fraction of sp³-hybridized carbons (Fsp3) is 0.385. The van der Waals surface area contributed by atoms with E-state index in [-0.39, 0.29) is 5.75 Å². The second-order valence-corrected chi connectivity index (χ2v) is 4.05. The Labute approximate surface area is 101 Å². The molecule has 1 N–H and O–H groups in total. The van der Waals surface area contributed by atoms with E-state index in [2.05, 4.69) is 17.0 Å². The third-order valence-electron chi connectivity index (χ3n) is 2.67. The van der Waals surface area contributed by atoms with Crippen LogP contribution < -0.4 is 0 Å². The number of pyridine rings is 1. The van der Waals surface area contributed by atoms with Gasteiger partial charge in [0, 0.05) is 18.1 Å². The summed E-state index contributed by atoms with van der Waals surface area (Å²) in [6.45, 7) is 2.18. The summed E-state index contributed by atoms with van der Waals surface area (Å²) in [5.74, 6) is 0.664. The van der Waals surface area contributed by atoms with Gasteiger partial charge in [-0.3, -0.25) is 0 Å². The molecule has 0 saturated carbocycles. The number of aryl methyl sites for hydroxylation is 1. The van der Waals surface area contributed by atoms with E-state index in [1.165, 1.54) is 12.8 Å². The minimum Gasteiger partial charge on any atom is -0.504 e. The molecule has 0 unspecified atom stereocenters. The second kappa shape index (κ2) is 5.48. The lowest BCUT2D eigenvalue weighted by atomic mass is 10.1. The van der Waals surface area contributed by atoms with Crippen LogP contribution in [0.1, 0.15) is 31.9 Å². The molecular formula is C13H17N3O. The monoisotopic (exact) mass is 231 g/mol. The van der Waals surface area contributed by atoms with Crippen LogP contribution in [0, 0.1) is 0 Å². The highest BCUT2D eigenvalue weighted by molar-refractivity contribution is 5.39. The number of unbranched alkanes of at least 4 members (excludes halogenated alkanes) is 2. The molecule has 90 valence electrons. The van der Waals surface area contributed by atoms with Gasteiger partial charge in [-0.1, -0.05) is 19.8 Å². The van der Waals surface area contributed by atoms with Crippen molar-refractivity contribution in [3.63, 3.8) is 0 Å². The molecule has 2 heterocycles. The zero-order chi connectivity index (χ0) is 12.1. The van der Waals surface area contributed by atoms with Gasteiger partial charge < -0.3 is 5.11 Å². The fourth-order valence-corrected chi connectivity index (χ4v) is 1.74. The Hall–Kier alpha value is -1.84. The summed E-state index contributed by atoms with van der Waals surface area (Å²) in [4.78, 5) is 4.44. The van der Waals surface area contributed by atoms with Crippen molar-refractivity contribution in [2.24, 2.45) is 0 Å². The lowest BCUT2D eigenvalue weighted by molar-refractivity contribution is 0.466. The summed E-state index contributed by atoms with van der Waals surface area (Å²) in [7, 11) is 0. The number of aromatic nitrogens is 3. The lowest BCUT2D eigenvalue weighted by Gasteiger charge is -2.06. The van der Waals surface area contributed by atoms with E-state index >= 15 is 0 Å². The van der Waals surface area contributed by atoms with E-state index in [1.807, 2.05) is 12.1 Å². The molecule has 0 saturated heterocycles. The Morgan fingerprint density at radius 3 is 2.88 bits per heavy atom. The number of rotatable bonds is 5. The first kappa shape index (κ1) is 11.6. The molecule has 0 spiro atoms. The van der Waals surface area contributed by atoms with Gasteiger partial charge in [-0.25, -0.2) is 9.67 Å². The number of aromatic hydroxyl groups is 1. The van der Waals surface area contributed by atoms with Gasteiger partial charge in [-0.2, -0.15) is 5.10 Å². The Morgan fingerprint density at radius 2 is 2.18 bits per heavy atom. The van der Waals surface area contributed by atoms with E-state index < -0.39 is 0 Å². The summed E-state index contributed by atoms with van der Waals surface area (Å²) in [6, 6.07) is 5.37. The number of hydrogen-bond acceptors (Lipinski definition) is 3. The van der Waals surface area contributed by atoms with Gasteiger partial charge in [0.2, 0.25) is 0 Å². The molecule has 0 aliphatic heterocycles. The van der Waals surface area contributed by atoms with Crippen LogP contribution in [0.15, 0.2) is 30.6 Å². The van der Waals surface area contributed by atoms with E-state index in [0.717, 1.165) is 18.5 Å². The predicted molar refractivity (Wildman–Crippen MR) is 66.3 cm³/mol. The van der Waals surface area contributed by atoms with Crippen LogP contribution in [0.4, 0.5) is 0 Å². The third kappa shape index (κ3) is 2.84. The van der Waals surface area contributed by atoms with Crippen molar-refractivity contribution >= 4 is 0 Å². The van der Waals surface area contributed by atoms with Gasteiger partial charge in [0.1, 0.15) is 0 Å². The maximum Gasteiger partial charge on any atom is 0.196 e. The van der Waals surface area contributed by atoms with Crippen molar-refractivity contribution < 1.29 is 5.11 Å². The normalized spacial score (nSPS) is 10.6. The van der Waals surface area contributed by atoms with Crippen molar-refractivity contribution in [3.8, 4) is 11.6 Å². The fourth-order valence-electron chi connectivity index (χ4n) is 1.74. The highest BCUT2D eigenvalue weighted by atomic mass is 16.3. The van der Waals surface area contributed by atoms with E-state index in [0.29, 0.717) is 5.82 Å². The van der Waals surface area contributed by atoms with Gasteiger partial charge >= 0.3 is 0 Å². The first-order valence-electron chi connectivity index (χ1n) is 6.00. The molecule has 4 nitrogen and oxygen atoms in total. The third-order valence-corrected chi connectivity index (χ3v) is 2.67. The molecule has 4 heteroatoms. The first-order valence-corrected chi connectivity index (χ1v) is 6.00. The smallest absolute Gasteiger partial charge is 0.196 e. The van der Waals surface area contributed by atoms with E-state index in [1.54, 1.807) is 23.1 Å². The van der Waals surface area contributed by atoms with Crippen LogP contribution in [0.3, 0.4) is 0 Å². The molecule has 0 fully saturated rings. The predicted octanol–water partition coefficient (Wildman–Crippen LogP) is 2.71. The number of hydrogen-bond donors (Lipinski definition) is 1. The van der Waals surface area contributed by atoms with Crippen LogP contribution in [0.5, 0.6) is 5.75 Å². The van der Waals surface area contributed by atoms with Gasteiger partial charge in [0.15, 0.2) is 11.6 Å². The van der Waals surface area contributed by atoms with Gasteiger partial charge in [-0.15, -0.1) is 0 Å². The summed E-state index contributed by atoms with van der Waals surface area (Å²) >= 11 is 0. The molecule has 0 radical (unpaired) electrons. The van der Waals surface area contributed by atoms with Crippen molar-refractivity contribution in [1.82, 2.24) is 14.8 Å². The van der Waals surface area contributed by atoms with Crippen LogP contribution in [0.2, 0.25) is 0 Å². The molecule has 2 rings (SSSR count). The Kier molecular flexibility index (Phi) is 3.75. The molecular weight excluding hydrogens is 214 g/mol. The van der Waals surface area contributed by atoms with Crippen LogP contribution >= 0.6 is 0 Å². The molecule has 17 heavy (non-hydrogen) atoms. The van der Waals surface area contributed by atoms with Crippen molar-refractivity contribution in [3.05, 3.63) is 36.3 Å². The molecule has 0 amide bonds. The quantitative estimate of drug-likeness (QED) is 0.805. The van der Waals surface area contributed by atoms with Gasteiger partial charge in [0.05, 0.1) is 0 Å². The van der Waals surface area contributed by atoms with Crippen LogP contribution in [-0.4, -0.2) is 19.9 Å². The molecule has 0 aliphatic rings. The standard InChI is InChI=1S/C13H17N3O/c1-2-3-4-6-11-7-8-12(17)13(15-11)16-10-5-9-14-16/h5,7-10,17H,2-4,6H2,1H3. The topological polar surface area (TPSA) is 50.9 Å². The molecule has 0 aliphatic carbocycles. The minimum atomic E-state index is 0.160. The SMILES string of the molecule is CCCCCc1ccc(O)c(-n2cccn2)n1.